The highest BCUT2D eigenvalue weighted by molar-refractivity contribution is 9.08. The van der Waals surface area contributed by atoms with Crippen LogP contribution in [0.1, 0.15) is 33.3 Å². The van der Waals surface area contributed by atoms with E-state index in [1.807, 2.05) is 19.4 Å². The van der Waals surface area contributed by atoms with Gasteiger partial charge < -0.3 is 4.90 Å². The first-order valence-electron chi connectivity index (χ1n) is 5.46. The van der Waals surface area contributed by atoms with Crippen molar-refractivity contribution in [3.63, 3.8) is 0 Å². The number of hydrogen-bond donors (Lipinski definition) is 0. The van der Waals surface area contributed by atoms with Gasteiger partial charge in [0.25, 0.3) is 0 Å². The average Bonchev–Trinajstić information content (AvgIpc) is 2.26. The molecule has 0 bridgehead atoms. The molecule has 0 aliphatic carbocycles. The van der Waals surface area contributed by atoms with Gasteiger partial charge in [-0.3, -0.25) is 0 Å². The molecule has 4 heteroatoms. The summed E-state index contributed by atoms with van der Waals surface area (Å²) in [5.41, 5.74) is 1.31. The van der Waals surface area contributed by atoms with Crippen LogP contribution in [0, 0.1) is 5.41 Å². The summed E-state index contributed by atoms with van der Waals surface area (Å²) in [6, 6.07) is 0.391. The van der Waals surface area contributed by atoms with Crippen LogP contribution in [0.5, 0.6) is 0 Å². The lowest BCUT2D eigenvalue weighted by atomic mass is 9.87. The summed E-state index contributed by atoms with van der Waals surface area (Å²) in [5, 5.41) is 0.797. The van der Waals surface area contributed by atoms with E-state index in [-0.39, 0.29) is 5.41 Å². The molecule has 0 aliphatic rings. The monoisotopic (exact) mass is 285 g/mol. The van der Waals surface area contributed by atoms with Gasteiger partial charge in [0.2, 0.25) is 5.95 Å². The Hall–Kier alpha value is -0.640. The van der Waals surface area contributed by atoms with Gasteiger partial charge in [-0.25, -0.2) is 9.97 Å². The Bertz CT molecular complexity index is 329. The molecular formula is C12H20BrN3. The van der Waals surface area contributed by atoms with Gasteiger partial charge in [-0.1, -0.05) is 36.7 Å². The highest BCUT2D eigenvalue weighted by atomic mass is 79.9. The van der Waals surface area contributed by atoms with E-state index in [0.29, 0.717) is 6.04 Å². The standard InChI is InChI=1S/C12H20BrN3/c1-9(12(2,3)4)16(5)11-14-7-10(6-13)8-15-11/h7-9H,6H2,1-5H3. The van der Waals surface area contributed by atoms with E-state index in [0.717, 1.165) is 16.8 Å². The summed E-state index contributed by atoms with van der Waals surface area (Å²) in [4.78, 5) is 10.9. The fraction of sp³-hybridized carbons (Fsp3) is 0.667. The maximum Gasteiger partial charge on any atom is 0.225 e. The maximum atomic E-state index is 4.37. The molecule has 0 saturated carbocycles. The molecule has 0 radical (unpaired) electrons. The zero-order chi connectivity index (χ0) is 12.3. The Labute approximate surface area is 106 Å². The van der Waals surface area contributed by atoms with Crippen molar-refractivity contribution < 1.29 is 0 Å². The largest absolute Gasteiger partial charge is 0.341 e. The molecule has 1 heterocycles. The minimum Gasteiger partial charge on any atom is -0.341 e. The highest BCUT2D eigenvalue weighted by Crippen LogP contribution is 2.25. The first-order chi connectivity index (χ1) is 7.36. The number of rotatable bonds is 3. The van der Waals surface area contributed by atoms with Crippen molar-refractivity contribution in [3.05, 3.63) is 18.0 Å². The minimum atomic E-state index is 0.214. The van der Waals surface area contributed by atoms with Crippen LogP contribution in [0.15, 0.2) is 12.4 Å². The van der Waals surface area contributed by atoms with Gasteiger partial charge in [-0.15, -0.1) is 0 Å². The van der Waals surface area contributed by atoms with Crippen LogP contribution in [0.2, 0.25) is 0 Å². The minimum absolute atomic E-state index is 0.214. The molecular weight excluding hydrogens is 266 g/mol. The third kappa shape index (κ3) is 3.17. The van der Waals surface area contributed by atoms with Crippen LogP contribution in [0.25, 0.3) is 0 Å². The van der Waals surface area contributed by atoms with Gasteiger partial charge >= 0.3 is 0 Å². The lowest BCUT2D eigenvalue weighted by Gasteiger charge is -2.35. The van der Waals surface area contributed by atoms with E-state index in [1.165, 1.54) is 0 Å². The average molecular weight is 286 g/mol. The van der Waals surface area contributed by atoms with Crippen molar-refractivity contribution in [2.45, 2.75) is 39.1 Å². The number of halogens is 1. The fourth-order valence-electron chi connectivity index (χ4n) is 1.35. The summed E-state index contributed by atoms with van der Waals surface area (Å²) < 4.78 is 0. The fourth-order valence-corrected chi connectivity index (χ4v) is 1.64. The van der Waals surface area contributed by atoms with Crippen LogP contribution < -0.4 is 4.90 Å². The SMILES string of the molecule is CC(N(C)c1ncc(CBr)cn1)C(C)(C)C. The molecule has 0 aromatic carbocycles. The topological polar surface area (TPSA) is 29.0 Å². The van der Waals surface area contributed by atoms with E-state index >= 15 is 0 Å². The first kappa shape index (κ1) is 13.4. The molecule has 90 valence electrons. The lowest BCUT2D eigenvalue weighted by Crippen LogP contribution is -2.40. The van der Waals surface area contributed by atoms with Gasteiger partial charge in [0, 0.05) is 30.8 Å². The number of aromatic nitrogens is 2. The van der Waals surface area contributed by atoms with Gasteiger partial charge in [-0.05, 0) is 17.9 Å². The van der Waals surface area contributed by atoms with Crippen LogP contribution >= 0.6 is 15.9 Å². The molecule has 1 aromatic heterocycles. The molecule has 1 atom stereocenters. The van der Waals surface area contributed by atoms with Crippen molar-refractivity contribution in [2.75, 3.05) is 11.9 Å². The van der Waals surface area contributed by atoms with Crippen molar-refractivity contribution in [1.82, 2.24) is 9.97 Å². The third-order valence-corrected chi connectivity index (χ3v) is 3.64. The zero-order valence-corrected chi connectivity index (χ0v) is 12.2. The molecule has 1 rings (SSSR count). The molecule has 1 unspecified atom stereocenters. The van der Waals surface area contributed by atoms with Crippen molar-refractivity contribution in [1.29, 1.82) is 0 Å². The second-order valence-electron chi connectivity index (χ2n) is 5.18. The van der Waals surface area contributed by atoms with E-state index < -0.39 is 0 Å². The molecule has 0 amide bonds. The van der Waals surface area contributed by atoms with E-state index in [9.17, 15) is 0 Å². The molecule has 0 fully saturated rings. The second-order valence-corrected chi connectivity index (χ2v) is 5.74. The molecule has 1 aromatic rings. The third-order valence-electron chi connectivity index (χ3n) is 3.00. The van der Waals surface area contributed by atoms with E-state index in [2.05, 4.69) is 58.5 Å². The Kier molecular flexibility index (Phi) is 4.30. The Morgan fingerprint density at radius 1 is 1.31 bits per heavy atom. The number of alkyl halides is 1. The van der Waals surface area contributed by atoms with Crippen LogP contribution in [0.4, 0.5) is 5.95 Å². The predicted octanol–water partition coefficient (Wildman–Crippen LogP) is 3.24. The van der Waals surface area contributed by atoms with Gasteiger partial charge in [0.15, 0.2) is 0 Å². The highest BCUT2D eigenvalue weighted by Gasteiger charge is 2.25. The predicted molar refractivity (Wildman–Crippen MR) is 72.0 cm³/mol. The quantitative estimate of drug-likeness (QED) is 0.799. The lowest BCUT2D eigenvalue weighted by molar-refractivity contribution is 0.327. The number of hydrogen-bond acceptors (Lipinski definition) is 3. The van der Waals surface area contributed by atoms with Crippen LogP contribution in [-0.4, -0.2) is 23.1 Å². The van der Waals surface area contributed by atoms with E-state index in [4.69, 9.17) is 0 Å². The first-order valence-corrected chi connectivity index (χ1v) is 6.58. The Balaban J connectivity index is 2.84. The van der Waals surface area contributed by atoms with E-state index in [1.54, 1.807) is 0 Å². The molecule has 0 saturated heterocycles. The van der Waals surface area contributed by atoms with Gasteiger partial charge in [0.05, 0.1) is 0 Å². The second kappa shape index (κ2) is 5.13. The van der Waals surface area contributed by atoms with Crippen molar-refractivity contribution in [3.8, 4) is 0 Å². The van der Waals surface area contributed by atoms with Crippen molar-refractivity contribution >= 4 is 21.9 Å². The zero-order valence-electron chi connectivity index (χ0n) is 10.7. The summed E-state index contributed by atoms with van der Waals surface area (Å²) in [6.07, 6.45) is 3.73. The summed E-state index contributed by atoms with van der Waals surface area (Å²) in [5.74, 6) is 0.784. The van der Waals surface area contributed by atoms with Crippen molar-refractivity contribution in [2.24, 2.45) is 5.41 Å². The molecule has 0 spiro atoms. The summed E-state index contributed by atoms with van der Waals surface area (Å²) >= 11 is 3.39. The number of anilines is 1. The summed E-state index contributed by atoms with van der Waals surface area (Å²) in [7, 11) is 2.04. The van der Waals surface area contributed by atoms with Crippen LogP contribution in [0.3, 0.4) is 0 Å². The Morgan fingerprint density at radius 3 is 2.19 bits per heavy atom. The van der Waals surface area contributed by atoms with Crippen LogP contribution in [-0.2, 0) is 5.33 Å². The Morgan fingerprint density at radius 2 is 1.81 bits per heavy atom. The smallest absolute Gasteiger partial charge is 0.225 e. The number of nitrogens with zero attached hydrogens (tertiary/aromatic N) is 3. The maximum absolute atomic E-state index is 4.37. The molecule has 0 aliphatic heterocycles. The normalized spacial score (nSPS) is 13.6. The molecule has 3 nitrogen and oxygen atoms in total. The summed E-state index contributed by atoms with van der Waals surface area (Å²) in [6.45, 7) is 8.87. The molecule has 16 heavy (non-hydrogen) atoms. The van der Waals surface area contributed by atoms with Gasteiger partial charge in [-0.2, -0.15) is 0 Å². The molecule has 0 N–H and O–H groups in total. The van der Waals surface area contributed by atoms with Gasteiger partial charge in [0.1, 0.15) is 0 Å².